The van der Waals surface area contributed by atoms with Gasteiger partial charge in [-0.25, -0.2) is 0 Å². The van der Waals surface area contributed by atoms with Crippen molar-refractivity contribution in [2.24, 2.45) is 0 Å². The number of unbranched alkanes of at least 4 members (excludes halogenated alkanes) is 24. The number of hydrogen-bond acceptors (Lipinski definition) is 7. The van der Waals surface area contributed by atoms with Gasteiger partial charge in [-0.1, -0.05) is 191 Å². The molecule has 0 saturated carbocycles. The molecule has 0 aromatic carbocycles. The molecule has 0 aliphatic rings. The predicted molar refractivity (Wildman–Crippen MR) is 270 cm³/mol. The van der Waals surface area contributed by atoms with Crippen LogP contribution in [0.15, 0.2) is 60.8 Å². The summed E-state index contributed by atoms with van der Waals surface area (Å²) in [7, 11) is 1.16. The SMILES string of the molecule is CC/C=C/C=C/C=C\CCCCCCCC(=O)NC(COP(=O)([O-])OCC[N+](C)(C)C)C(/C=C/CCCCCCCCCCC)OC(=O)CCCCC/C=C\CCCCCCCCC. The molecule has 3 atom stereocenters. The van der Waals surface area contributed by atoms with Crippen molar-refractivity contribution in [3.8, 4) is 0 Å². The van der Waals surface area contributed by atoms with Crippen LogP contribution in [0.4, 0.5) is 0 Å². The van der Waals surface area contributed by atoms with Crippen LogP contribution < -0.4 is 10.2 Å². The summed E-state index contributed by atoms with van der Waals surface area (Å²) in [6.45, 7) is 6.65. The number of carbonyl (C=O) groups is 2. The third kappa shape index (κ3) is 44.9. The van der Waals surface area contributed by atoms with Crippen molar-refractivity contribution in [3.05, 3.63) is 60.8 Å². The number of esters is 1. The van der Waals surface area contributed by atoms with E-state index in [9.17, 15) is 19.0 Å². The molecule has 0 bridgehead atoms. The van der Waals surface area contributed by atoms with Gasteiger partial charge >= 0.3 is 5.97 Å². The highest BCUT2D eigenvalue weighted by molar-refractivity contribution is 7.45. The second kappa shape index (κ2) is 44.5. The van der Waals surface area contributed by atoms with E-state index in [1.54, 1.807) is 0 Å². The average Bonchev–Trinajstić information content (AvgIpc) is 3.25. The van der Waals surface area contributed by atoms with E-state index in [1.165, 1.54) is 89.9 Å². The Bertz CT molecular complexity index is 1290. The number of carbonyl (C=O) groups excluding carboxylic acids is 2. The number of nitrogens with one attached hydrogen (secondary N) is 1. The molecule has 64 heavy (non-hydrogen) atoms. The van der Waals surface area contributed by atoms with Crippen LogP contribution in [0, 0.1) is 0 Å². The highest BCUT2D eigenvalue weighted by atomic mass is 31.2. The van der Waals surface area contributed by atoms with Gasteiger partial charge < -0.3 is 28.5 Å². The van der Waals surface area contributed by atoms with Crippen LogP contribution in [0.25, 0.3) is 0 Å². The molecule has 3 unspecified atom stereocenters. The molecular formula is C54H99N2O7P. The molecule has 1 N–H and O–H groups in total. The van der Waals surface area contributed by atoms with Crippen LogP contribution in [0.1, 0.15) is 220 Å². The number of allylic oxidation sites excluding steroid dienone is 9. The lowest BCUT2D eigenvalue weighted by molar-refractivity contribution is -0.870. The zero-order valence-corrected chi connectivity index (χ0v) is 43.1. The van der Waals surface area contributed by atoms with E-state index < -0.39 is 26.6 Å². The Kier molecular flexibility index (Phi) is 42.9. The zero-order valence-electron chi connectivity index (χ0n) is 42.2. The molecule has 0 radical (unpaired) electrons. The lowest BCUT2D eigenvalue weighted by Gasteiger charge is -2.30. The van der Waals surface area contributed by atoms with Gasteiger partial charge in [0, 0.05) is 12.8 Å². The normalized spacial score (nSPS) is 14.4. The highest BCUT2D eigenvalue weighted by Gasteiger charge is 2.27. The van der Waals surface area contributed by atoms with Crippen molar-refractivity contribution in [3.63, 3.8) is 0 Å². The summed E-state index contributed by atoms with van der Waals surface area (Å²) in [4.78, 5) is 39.6. The van der Waals surface area contributed by atoms with Crippen molar-refractivity contribution in [2.45, 2.75) is 232 Å². The molecule has 1 amide bonds. The Morgan fingerprint density at radius 2 is 1.02 bits per heavy atom. The van der Waals surface area contributed by atoms with Crippen molar-refractivity contribution < 1.29 is 37.3 Å². The third-order valence-corrected chi connectivity index (χ3v) is 12.2. The Hall–Kier alpha value is -2.29. The minimum Gasteiger partial charge on any atom is -0.756 e. The Morgan fingerprint density at radius 3 is 1.55 bits per heavy atom. The number of ether oxygens (including phenoxy) is 1. The summed E-state index contributed by atoms with van der Waals surface area (Å²) in [5.41, 5.74) is 0. The van der Waals surface area contributed by atoms with Crippen molar-refractivity contribution >= 4 is 19.7 Å². The Labute approximate surface area is 394 Å². The molecule has 0 aromatic heterocycles. The summed E-state index contributed by atoms with van der Waals surface area (Å²) in [5.74, 6) is -0.587. The maximum Gasteiger partial charge on any atom is 0.306 e. The molecule has 0 spiro atoms. The fourth-order valence-electron chi connectivity index (χ4n) is 7.16. The van der Waals surface area contributed by atoms with Gasteiger partial charge in [-0.2, -0.15) is 0 Å². The number of quaternary nitrogens is 1. The standard InChI is InChI=1S/C54H99N2O7P/c1-7-10-13-16-19-22-25-27-29-32-35-38-41-44-47-54(58)63-52(45-42-39-36-33-30-24-21-18-15-12-9-3)51(50-62-64(59,60)61-49-48-56(4,5)6)55-53(57)46-43-40-37-34-31-28-26-23-20-17-14-11-8-2/h11,14,17,20,23,26,29,32,42,45,51-52H,7-10,12-13,15-16,18-19,21-22,24-25,27-28,30-31,33-41,43-44,46-50H2,1-6H3,(H-,55,57,59,60)/b14-11+,20-17+,26-23-,32-29-,45-42+. The number of rotatable bonds is 46. The molecule has 0 saturated heterocycles. The number of hydrogen-bond donors (Lipinski definition) is 1. The van der Waals surface area contributed by atoms with Crippen molar-refractivity contribution in [1.29, 1.82) is 0 Å². The molecule has 0 aliphatic heterocycles. The van der Waals surface area contributed by atoms with Crippen LogP contribution in [-0.2, 0) is 27.9 Å². The van der Waals surface area contributed by atoms with Gasteiger partial charge in [0.1, 0.15) is 19.3 Å². The largest absolute Gasteiger partial charge is 0.756 e. The minimum absolute atomic E-state index is 0.0304. The van der Waals surface area contributed by atoms with Gasteiger partial charge in [-0.15, -0.1) is 0 Å². The maximum atomic E-state index is 13.4. The molecule has 0 fully saturated rings. The van der Waals surface area contributed by atoms with Crippen LogP contribution in [0.5, 0.6) is 0 Å². The molecule has 9 nitrogen and oxygen atoms in total. The highest BCUT2D eigenvalue weighted by Crippen LogP contribution is 2.38. The summed E-state index contributed by atoms with van der Waals surface area (Å²) in [6, 6.07) is -0.903. The van der Waals surface area contributed by atoms with Crippen LogP contribution in [0.3, 0.4) is 0 Å². The monoisotopic (exact) mass is 919 g/mol. The average molecular weight is 919 g/mol. The minimum atomic E-state index is -4.70. The van der Waals surface area contributed by atoms with Crippen LogP contribution in [-0.4, -0.2) is 69.4 Å². The summed E-state index contributed by atoms with van der Waals surface area (Å²) in [6.07, 6.45) is 53.3. The smallest absolute Gasteiger partial charge is 0.306 e. The van der Waals surface area contributed by atoms with Crippen molar-refractivity contribution in [1.82, 2.24) is 5.32 Å². The molecule has 372 valence electrons. The topological polar surface area (TPSA) is 114 Å². The molecule has 10 heteroatoms. The van der Waals surface area contributed by atoms with Gasteiger partial charge in [0.2, 0.25) is 5.91 Å². The quantitative estimate of drug-likeness (QED) is 0.0161. The first-order chi connectivity index (χ1) is 30.9. The lowest BCUT2D eigenvalue weighted by atomic mass is 10.1. The number of phosphoric ester groups is 1. The van der Waals surface area contributed by atoms with Crippen LogP contribution >= 0.6 is 7.82 Å². The van der Waals surface area contributed by atoms with Crippen LogP contribution in [0.2, 0.25) is 0 Å². The van der Waals surface area contributed by atoms with Gasteiger partial charge in [0.25, 0.3) is 7.82 Å². The number of likely N-dealkylation sites (N-methyl/N-ethyl adjacent to an activating group) is 1. The summed E-state index contributed by atoms with van der Waals surface area (Å²) < 4.78 is 30.1. The Morgan fingerprint density at radius 1 is 0.562 bits per heavy atom. The summed E-state index contributed by atoms with van der Waals surface area (Å²) >= 11 is 0. The van der Waals surface area contributed by atoms with Gasteiger partial charge in [0.05, 0.1) is 33.8 Å². The van der Waals surface area contributed by atoms with Gasteiger partial charge in [-0.3, -0.25) is 14.2 Å². The van der Waals surface area contributed by atoms with Gasteiger partial charge in [-0.05, 0) is 76.7 Å². The van der Waals surface area contributed by atoms with E-state index in [0.29, 0.717) is 23.9 Å². The first kappa shape index (κ1) is 61.7. The molecule has 0 heterocycles. The first-order valence-corrected chi connectivity index (χ1v) is 27.6. The third-order valence-electron chi connectivity index (χ3n) is 11.2. The maximum absolute atomic E-state index is 13.4. The fraction of sp³-hybridized carbons (Fsp3) is 0.778. The van der Waals surface area contributed by atoms with E-state index in [1.807, 2.05) is 39.4 Å². The molecule has 0 aliphatic carbocycles. The number of nitrogens with zero attached hydrogens (tertiary/aromatic N) is 1. The molecule has 0 rings (SSSR count). The van der Waals surface area contributed by atoms with E-state index in [4.69, 9.17) is 13.8 Å². The van der Waals surface area contributed by atoms with E-state index in [-0.39, 0.29) is 31.3 Å². The van der Waals surface area contributed by atoms with E-state index in [2.05, 4.69) is 68.6 Å². The number of phosphoric acid groups is 1. The van der Waals surface area contributed by atoms with Gasteiger partial charge in [0.15, 0.2) is 0 Å². The predicted octanol–water partition coefficient (Wildman–Crippen LogP) is 14.5. The first-order valence-electron chi connectivity index (χ1n) is 26.1. The fourth-order valence-corrected chi connectivity index (χ4v) is 7.88. The van der Waals surface area contributed by atoms with E-state index >= 15 is 0 Å². The lowest BCUT2D eigenvalue weighted by Crippen LogP contribution is -2.47. The summed E-state index contributed by atoms with van der Waals surface area (Å²) in [5, 5.41) is 2.99. The number of amides is 1. The molecule has 0 aromatic rings. The second-order valence-electron chi connectivity index (χ2n) is 18.7. The second-order valence-corrected chi connectivity index (χ2v) is 20.1. The Balaban J connectivity index is 5.47. The van der Waals surface area contributed by atoms with Crippen molar-refractivity contribution in [2.75, 3.05) is 40.9 Å². The van der Waals surface area contributed by atoms with E-state index in [0.717, 1.165) is 83.5 Å². The molecular weight excluding hydrogens is 820 g/mol. The zero-order chi connectivity index (χ0) is 47.3.